The molecule has 1 saturated heterocycles. The first-order valence-electron chi connectivity index (χ1n) is 10.6. The van der Waals surface area contributed by atoms with Crippen LogP contribution in [0.3, 0.4) is 0 Å². The van der Waals surface area contributed by atoms with Gasteiger partial charge >= 0.3 is 5.91 Å². The predicted octanol–water partition coefficient (Wildman–Crippen LogP) is 2.91. The molecule has 4 aromatic heterocycles. The van der Waals surface area contributed by atoms with E-state index in [1.54, 1.807) is 23.1 Å². The van der Waals surface area contributed by atoms with E-state index >= 15 is 0 Å². The minimum absolute atomic E-state index is 0.0815. The Labute approximate surface area is 192 Å². The van der Waals surface area contributed by atoms with Crippen LogP contribution in [-0.2, 0) is 6.54 Å². The Kier molecular flexibility index (Phi) is 5.47. The smallest absolute Gasteiger partial charge is 0.302 e. The average Bonchev–Trinajstić information content (AvgIpc) is 3.57. The zero-order valence-corrected chi connectivity index (χ0v) is 19.1. The third-order valence-electron chi connectivity index (χ3n) is 5.96. The SMILES string of the molecule is Cc1sc2nc(CN3CCN(C(=O)c4ccco4)CC3)n(C(=O)c3ccco3)c(=O)c2c1C. The van der Waals surface area contributed by atoms with Crippen molar-refractivity contribution >= 4 is 33.4 Å². The lowest BCUT2D eigenvalue weighted by Gasteiger charge is -2.34. The zero-order valence-electron chi connectivity index (χ0n) is 18.2. The Morgan fingerprint density at radius 2 is 1.64 bits per heavy atom. The van der Waals surface area contributed by atoms with E-state index < -0.39 is 5.91 Å². The average molecular weight is 467 g/mol. The van der Waals surface area contributed by atoms with Crippen molar-refractivity contribution in [1.29, 1.82) is 0 Å². The van der Waals surface area contributed by atoms with Crippen molar-refractivity contribution in [2.75, 3.05) is 26.2 Å². The molecule has 1 amide bonds. The third-order valence-corrected chi connectivity index (χ3v) is 7.07. The summed E-state index contributed by atoms with van der Waals surface area (Å²) in [5.41, 5.74) is 0.454. The number of carbonyl (C=O) groups is 2. The van der Waals surface area contributed by atoms with Gasteiger partial charge < -0.3 is 13.7 Å². The van der Waals surface area contributed by atoms with Gasteiger partial charge in [0.25, 0.3) is 11.5 Å². The van der Waals surface area contributed by atoms with Crippen LogP contribution in [0.2, 0.25) is 0 Å². The number of rotatable bonds is 4. The Balaban J connectivity index is 1.44. The molecule has 170 valence electrons. The van der Waals surface area contributed by atoms with Gasteiger partial charge in [0.1, 0.15) is 10.7 Å². The molecule has 1 fully saturated rings. The molecule has 5 heterocycles. The largest absolute Gasteiger partial charge is 0.459 e. The van der Waals surface area contributed by atoms with Gasteiger partial charge in [0, 0.05) is 31.1 Å². The van der Waals surface area contributed by atoms with Crippen molar-refractivity contribution in [2.24, 2.45) is 0 Å². The van der Waals surface area contributed by atoms with Crippen molar-refractivity contribution in [3.05, 3.63) is 74.9 Å². The molecule has 0 spiro atoms. The molecule has 1 aliphatic rings. The third kappa shape index (κ3) is 3.81. The van der Waals surface area contributed by atoms with Gasteiger partial charge in [-0.15, -0.1) is 11.3 Å². The summed E-state index contributed by atoms with van der Waals surface area (Å²) in [6.45, 7) is 6.29. The van der Waals surface area contributed by atoms with Crippen LogP contribution in [0.25, 0.3) is 10.2 Å². The second kappa shape index (κ2) is 8.45. The van der Waals surface area contributed by atoms with Crippen molar-refractivity contribution in [3.63, 3.8) is 0 Å². The molecule has 9 nitrogen and oxygen atoms in total. The molecule has 5 rings (SSSR count). The Hall–Kier alpha value is -3.50. The minimum atomic E-state index is -0.538. The molecule has 1 aliphatic heterocycles. The molecule has 10 heteroatoms. The number of hydrogen-bond donors (Lipinski definition) is 0. The summed E-state index contributed by atoms with van der Waals surface area (Å²) in [6.07, 6.45) is 2.88. The van der Waals surface area contributed by atoms with Gasteiger partial charge in [0.05, 0.1) is 24.5 Å². The summed E-state index contributed by atoms with van der Waals surface area (Å²) in [5.74, 6) is 0.0775. The van der Waals surface area contributed by atoms with Gasteiger partial charge in [-0.25, -0.2) is 9.55 Å². The predicted molar refractivity (Wildman–Crippen MR) is 122 cm³/mol. The molecule has 33 heavy (non-hydrogen) atoms. The quantitative estimate of drug-likeness (QED) is 0.456. The van der Waals surface area contributed by atoms with Gasteiger partial charge in [-0.3, -0.25) is 19.3 Å². The number of hydrogen-bond acceptors (Lipinski definition) is 8. The van der Waals surface area contributed by atoms with Gasteiger partial charge in [0.2, 0.25) is 0 Å². The zero-order chi connectivity index (χ0) is 23.1. The fraction of sp³-hybridized carbons (Fsp3) is 0.304. The van der Waals surface area contributed by atoms with Crippen molar-refractivity contribution in [2.45, 2.75) is 20.4 Å². The summed E-state index contributed by atoms with van der Waals surface area (Å²) in [4.78, 5) is 49.3. The monoisotopic (exact) mass is 466 g/mol. The van der Waals surface area contributed by atoms with E-state index in [0.717, 1.165) is 15.0 Å². The maximum absolute atomic E-state index is 13.4. The Morgan fingerprint density at radius 3 is 2.24 bits per heavy atom. The number of amides is 1. The van der Waals surface area contributed by atoms with Gasteiger partial charge in [0.15, 0.2) is 11.5 Å². The lowest BCUT2D eigenvalue weighted by molar-refractivity contribution is 0.0593. The lowest BCUT2D eigenvalue weighted by atomic mass is 10.2. The van der Waals surface area contributed by atoms with E-state index in [9.17, 15) is 14.4 Å². The highest BCUT2D eigenvalue weighted by molar-refractivity contribution is 7.18. The highest BCUT2D eigenvalue weighted by Gasteiger charge is 2.27. The first-order valence-corrected chi connectivity index (χ1v) is 11.4. The van der Waals surface area contributed by atoms with Crippen LogP contribution in [0.1, 0.15) is 37.4 Å². The van der Waals surface area contributed by atoms with E-state index in [4.69, 9.17) is 13.8 Å². The molecule has 0 aromatic carbocycles. The number of thiophene rings is 1. The highest BCUT2D eigenvalue weighted by atomic mass is 32.1. The lowest BCUT2D eigenvalue weighted by Crippen LogP contribution is -2.49. The molecular weight excluding hydrogens is 444 g/mol. The summed E-state index contributed by atoms with van der Waals surface area (Å²) in [6, 6.07) is 6.49. The molecule has 0 bridgehead atoms. The van der Waals surface area contributed by atoms with Crippen LogP contribution in [0.5, 0.6) is 0 Å². The molecule has 0 N–H and O–H groups in total. The van der Waals surface area contributed by atoms with Crippen LogP contribution < -0.4 is 5.56 Å². The highest BCUT2D eigenvalue weighted by Crippen LogP contribution is 2.27. The van der Waals surface area contributed by atoms with Gasteiger partial charge in [-0.05, 0) is 43.7 Å². The van der Waals surface area contributed by atoms with Crippen LogP contribution in [0.4, 0.5) is 0 Å². The fourth-order valence-corrected chi connectivity index (χ4v) is 5.07. The molecule has 0 unspecified atom stereocenters. The van der Waals surface area contributed by atoms with E-state index in [1.165, 1.54) is 29.9 Å². The number of piperazine rings is 1. The standard InChI is InChI=1S/C23H22N4O5S/c1-14-15(2)33-20-19(14)23(30)27(22(29)17-6-4-12-32-17)18(24-20)13-25-7-9-26(10-8-25)21(28)16-5-3-11-31-16/h3-6,11-12H,7-10,13H2,1-2H3. The Bertz CT molecular complexity index is 1380. The second-order valence-electron chi connectivity index (χ2n) is 7.96. The first kappa shape index (κ1) is 21.4. The van der Waals surface area contributed by atoms with E-state index in [0.29, 0.717) is 54.5 Å². The molecule has 0 saturated carbocycles. The molecule has 0 radical (unpaired) electrons. The molecule has 0 aliphatic carbocycles. The summed E-state index contributed by atoms with van der Waals surface area (Å²) in [5, 5.41) is 0.468. The van der Waals surface area contributed by atoms with E-state index in [-0.39, 0.29) is 17.2 Å². The maximum atomic E-state index is 13.4. The number of fused-ring (bicyclic) bond motifs is 1. The summed E-state index contributed by atoms with van der Waals surface area (Å²) in [7, 11) is 0. The fourth-order valence-electron chi connectivity index (χ4n) is 4.03. The topological polar surface area (TPSA) is 102 Å². The number of carbonyl (C=O) groups excluding carboxylic acids is 2. The van der Waals surface area contributed by atoms with Crippen LogP contribution in [0, 0.1) is 13.8 Å². The number of nitrogens with zero attached hydrogens (tertiary/aromatic N) is 4. The minimum Gasteiger partial charge on any atom is -0.459 e. The number of aryl methyl sites for hydroxylation is 2. The molecule has 0 atom stereocenters. The summed E-state index contributed by atoms with van der Waals surface area (Å²) < 4.78 is 11.6. The van der Waals surface area contributed by atoms with Crippen molar-refractivity contribution < 1.29 is 18.4 Å². The van der Waals surface area contributed by atoms with Crippen LogP contribution in [0.15, 0.2) is 50.4 Å². The second-order valence-corrected chi connectivity index (χ2v) is 9.16. The van der Waals surface area contributed by atoms with Crippen LogP contribution in [-0.4, -0.2) is 57.3 Å². The maximum Gasteiger partial charge on any atom is 0.302 e. The van der Waals surface area contributed by atoms with Crippen molar-refractivity contribution in [3.8, 4) is 0 Å². The Morgan fingerprint density at radius 1 is 1.00 bits per heavy atom. The van der Waals surface area contributed by atoms with Crippen molar-refractivity contribution in [1.82, 2.24) is 19.4 Å². The van der Waals surface area contributed by atoms with E-state index in [2.05, 4.69) is 4.90 Å². The normalized spacial score (nSPS) is 14.8. The van der Waals surface area contributed by atoms with Gasteiger partial charge in [-0.2, -0.15) is 0 Å². The van der Waals surface area contributed by atoms with E-state index in [1.807, 2.05) is 13.8 Å². The molecule has 4 aromatic rings. The summed E-state index contributed by atoms with van der Waals surface area (Å²) >= 11 is 1.45. The number of furan rings is 2. The number of aromatic nitrogens is 2. The first-order chi connectivity index (χ1) is 15.9. The molecular formula is C23H22N4O5S. The van der Waals surface area contributed by atoms with Gasteiger partial charge in [-0.1, -0.05) is 0 Å². The van der Waals surface area contributed by atoms with Crippen LogP contribution >= 0.6 is 11.3 Å².